The van der Waals surface area contributed by atoms with Crippen LogP contribution in [0.3, 0.4) is 0 Å². The first-order valence-corrected chi connectivity index (χ1v) is 10.4. The van der Waals surface area contributed by atoms with Gasteiger partial charge in [-0.25, -0.2) is 14.5 Å². The summed E-state index contributed by atoms with van der Waals surface area (Å²) in [5.41, 5.74) is 4.27. The average molecular weight is 433 g/mol. The molecular formula is C23H20N4O3S. The summed E-state index contributed by atoms with van der Waals surface area (Å²) >= 11 is 1.08. The zero-order valence-electron chi connectivity index (χ0n) is 17.2. The number of hydrogen-bond acceptors (Lipinski definition) is 6. The van der Waals surface area contributed by atoms with Gasteiger partial charge in [0.2, 0.25) is 0 Å². The van der Waals surface area contributed by atoms with Crippen LogP contribution in [0.4, 0.5) is 5.13 Å². The van der Waals surface area contributed by atoms with E-state index in [-0.39, 0.29) is 5.91 Å². The van der Waals surface area contributed by atoms with Crippen LogP contribution in [0.15, 0.2) is 60.8 Å². The van der Waals surface area contributed by atoms with Crippen LogP contribution < -0.4 is 5.32 Å². The Morgan fingerprint density at radius 3 is 2.42 bits per heavy atom. The fraction of sp³-hybridized carbons (Fsp3) is 0.130. The summed E-state index contributed by atoms with van der Waals surface area (Å²) in [6.07, 6.45) is 1.70. The number of aryl methyl sites for hydroxylation is 2. The highest BCUT2D eigenvalue weighted by Crippen LogP contribution is 2.27. The lowest BCUT2D eigenvalue weighted by atomic mass is 10.1. The summed E-state index contributed by atoms with van der Waals surface area (Å²) in [6.45, 7) is 3.71. The molecule has 4 rings (SSSR count). The van der Waals surface area contributed by atoms with Crippen molar-refractivity contribution in [2.24, 2.45) is 0 Å². The number of methoxy groups -OCH3 is 1. The Morgan fingerprint density at radius 2 is 1.74 bits per heavy atom. The van der Waals surface area contributed by atoms with Gasteiger partial charge in [0.15, 0.2) is 5.13 Å². The van der Waals surface area contributed by atoms with Gasteiger partial charge in [-0.1, -0.05) is 59.4 Å². The first-order valence-electron chi connectivity index (χ1n) is 9.55. The van der Waals surface area contributed by atoms with Crippen molar-refractivity contribution >= 4 is 28.3 Å². The molecule has 0 aliphatic rings. The molecule has 0 fully saturated rings. The summed E-state index contributed by atoms with van der Waals surface area (Å²) in [6, 6.07) is 17.4. The first-order chi connectivity index (χ1) is 15.0. The van der Waals surface area contributed by atoms with Crippen LogP contribution in [-0.4, -0.2) is 33.8 Å². The quantitative estimate of drug-likeness (QED) is 0.464. The normalized spacial score (nSPS) is 10.7. The number of carbonyl (C=O) groups is 2. The molecule has 8 heteroatoms. The number of hydrogen-bond donors (Lipinski definition) is 1. The van der Waals surface area contributed by atoms with Crippen molar-refractivity contribution in [1.82, 2.24) is 14.8 Å². The number of benzene rings is 2. The fourth-order valence-corrected chi connectivity index (χ4v) is 3.96. The lowest BCUT2D eigenvalue weighted by Crippen LogP contribution is -2.12. The number of nitrogens with one attached hydrogen (secondary N) is 1. The second-order valence-corrected chi connectivity index (χ2v) is 7.92. The SMILES string of the molecule is COC(=O)c1sc(NC(=O)c2cn(-c3ccc(C)cc3)nc2-c2ccccc2)nc1C. The molecule has 2 heterocycles. The van der Waals surface area contributed by atoms with Crippen molar-refractivity contribution in [3.05, 3.63) is 82.5 Å². The van der Waals surface area contributed by atoms with Gasteiger partial charge in [0.05, 0.1) is 24.1 Å². The van der Waals surface area contributed by atoms with Crippen LogP contribution in [0.1, 0.15) is 31.3 Å². The molecule has 4 aromatic rings. The molecule has 0 radical (unpaired) electrons. The van der Waals surface area contributed by atoms with Crippen molar-refractivity contribution in [1.29, 1.82) is 0 Å². The molecule has 2 aromatic heterocycles. The predicted octanol–water partition coefficient (Wildman–Crippen LogP) is 4.65. The zero-order chi connectivity index (χ0) is 22.0. The molecule has 156 valence electrons. The third kappa shape index (κ3) is 4.24. The summed E-state index contributed by atoms with van der Waals surface area (Å²) in [7, 11) is 1.31. The van der Waals surface area contributed by atoms with E-state index in [1.54, 1.807) is 17.8 Å². The topological polar surface area (TPSA) is 86.1 Å². The van der Waals surface area contributed by atoms with E-state index in [9.17, 15) is 9.59 Å². The molecule has 1 amide bonds. The zero-order valence-corrected chi connectivity index (χ0v) is 18.1. The van der Waals surface area contributed by atoms with Crippen LogP contribution in [0, 0.1) is 13.8 Å². The number of amides is 1. The van der Waals surface area contributed by atoms with Crippen molar-refractivity contribution in [2.75, 3.05) is 12.4 Å². The van der Waals surface area contributed by atoms with Gasteiger partial charge in [-0.15, -0.1) is 0 Å². The van der Waals surface area contributed by atoms with E-state index in [0.29, 0.717) is 27.0 Å². The van der Waals surface area contributed by atoms with Crippen LogP contribution >= 0.6 is 11.3 Å². The molecule has 31 heavy (non-hydrogen) atoms. The lowest BCUT2D eigenvalue weighted by Gasteiger charge is -2.02. The summed E-state index contributed by atoms with van der Waals surface area (Å²) in [5, 5.41) is 7.79. The number of rotatable bonds is 5. The van der Waals surface area contributed by atoms with Crippen LogP contribution in [-0.2, 0) is 4.74 Å². The molecule has 0 saturated carbocycles. The third-order valence-electron chi connectivity index (χ3n) is 4.69. The maximum Gasteiger partial charge on any atom is 0.350 e. The highest BCUT2D eigenvalue weighted by atomic mass is 32.1. The van der Waals surface area contributed by atoms with Gasteiger partial charge >= 0.3 is 5.97 Å². The first kappa shape index (κ1) is 20.5. The number of esters is 1. The number of thiazole rings is 1. The highest BCUT2D eigenvalue weighted by molar-refractivity contribution is 7.17. The minimum absolute atomic E-state index is 0.324. The summed E-state index contributed by atoms with van der Waals surface area (Å²) in [4.78, 5) is 29.6. The largest absolute Gasteiger partial charge is 0.465 e. The molecule has 7 nitrogen and oxygen atoms in total. The standard InChI is InChI=1S/C23H20N4O3S/c1-14-9-11-17(12-10-14)27-13-18(19(26-27)16-7-5-4-6-8-16)21(28)25-23-24-15(2)20(31-23)22(29)30-3/h4-13H,1-3H3,(H,24,25,28). The monoisotopic (exact) mass is 432 g/mol. The smallest absolute Gasteiger partial charge is 0.350 e. The predicted molar refractivity (Wildman–Crippen MR) is 120 cm³/mol. The van der Waals surface area contributed by atoms with Gasteiger partial charge in [-0.05, 0) is 26.0 Å². The number of ether oxygens (including phenoxy) is 1. The number of aromatic nitrogens is 3. The van der Waals surface area contributed by atoms with Crippen molar-refractivity contribution in [2.45, 2.75) is 13.8 Å². The van der Waals surface area contributed by atoms with Gasteiger partial charge in [-0.2, -0.15) is 5.10 Å². The molecule has 1 N–H and O–H groups in total. The molecule has 0 atom stereocenters. The second kappa shape index (κ2) is 8.53. The maximum atomic E-state index is 13.2. The van der Waals surface area contributed by atoms with Crippen LogP contribution in [0.25, 0.3) is 16.9 Å². The number of nitrogens with zero attached hydrogens (tertiary/aromatic N) is 3. The molecule has 2 aromatic carbocycles. The fourth-order valence-electron chi connectivity index (χ4n) is 3.08. The Balaban J connectivity index is 1.71. The summed E-state index contributed by atoms with van der Waals surface area (Å²) < 4.78 is 6.45. The molecule has 0 unspecified atom stereocenters. The highest BCUT2D eigenvalue weighted by Gasteiger charge is 2.22. The van der Waals surface area contributed by atoms with Gasteiger partial charge in [-0.3, -0.25) is 10.1 Å². The van der Waals surface area contributed by atoms with Crippen molar-refractivity contribution in [3.8, 4) is 16.9 Å². The Kier molecular flexibility index (Phi) is 5.64. The molecule has 0 saturated heterocycles. The minimum atomic E-state index is -0.479. The molecule has 0 spiro atoms. The Bertz CT molecular complexity index is 1240. The number of anilines is 1. The molecule has 0 aliphatic carbocycles. The molecular weight excluding hydrogens is 412 g/mol. The van der Waals surface area contributed by atoms with E-state index in [0.717, 1.165) is 28.2 Å². The van der Waals surface area contributed by atoms with Crippen LogP contribution in [0.2, 0.25) is 0 Å². The van der Waals surface area contributed by atoms with Gasteiger partial charge in [0.1, 0.15) is 10.6 Å². The number of carbonyl (C=O) groups excluding carboxylic acids is 2. The average Bonchev–Trinajstić information content (AvgIpc) is 3.38. The van der Waals surface area contributed by atoms with E-state index >= 15 is 0 Å². The summed E-state index contributed by atoms with van der Waals surface area (Å²) in [5.74, 6) is -0.838. The Labute approximate surface area is 183 Å². The van der Waals surface area contributed by atoms with E-state index in [1.807, 2.05) is 61.5 Å². The van der Waals surface area contributed by atoms with Crippen molar-refractivity contribution in [3.63, 3.8) is 0 Å². The molecule has 0 bridgehead atoms. The van der Waals surface area contributed by atoms with Gasteiger partial charge in [0.25, 0.3) is 5.91 Å². The third-order valence-corrected chi connectivity index (χ3v) is 5.75. The second-order valence-electron chi connectivity index (χ2n) is 6.92. The molecule has 0 aliphatic heterocycles. The van der Waals surface area contributed by atoms with Crippen LogP contribution in [0.5, 0.6) is 0 Å². The van der Waals surface area contributed by atoms with E-state index < -0.39 is 5.97 Å². The van der Waals surface area contributed by atoms with E-state index in [2.05, 4.69) is 15.4 Å². The van der Waals surface area contributed by atoms with E-state index in [4.69, 9.17) is 4.74 Å². The lowest BCUT2D eigenvalue weighted by molar-refractivity contribution is 0.0605. The van der Waals surface area contributed by atoms with Gasteiger partial charge < -0.3 is 4.74 Å². The minimum Gasteiger partial charge on any atom is -0.465 e. The van der Waals surface area contributed by atoms with E-state index in [1.165, 1.54) is 7.11 Å². The van der Waals surface area contributed by atoms with Gasteiger partial charge in [0, 0.05) is 11.8 Å². The van der Waals surface area contributed by atoms with Crippen molar-refractivity contribution < 1.29 is 14.3 Å². The Morgan fingerprint density at radius 1 is 1.03 bits per heavy atom. The maximum absolute atomic E-state index is 13.2. The Hall–Kier alpha value is -3.78.